The van der Waals surface area contributed by atoms with E-state index in [9.17, 15) is 4.79 Å². The van der Waals surface area contributed by atoms with E-state index in [-0.39, 0.29) is 0 Å². The van der Waals surface area contributed by atoms with Crippen molar-refractivity contribution in [1.82, 2.24) is 0 Å². The van der Waals surface area contributed by atoms with Gasteiger partial charge in [0.1, 0.15) is 5.78 Å². The Kier molecular flexibility index (Phi) is 11.2. The van der Waals surface area contributed by atoms with Gasteiger partial charge in [-0.15, -0.1) is 6.58 Å². The molecule has 122 valence electrons. The van der Waals surface area contributed by atoms with Crippen LogP contribution in [0.4, 0.5) is 0 Å². The molecule has 0 fully saturated rings. The highest BCUT2D eigenvalue weighted by Crippen LogP contribution is 2.09. The third kappa shape index (κ3) is 10.3. The molecule has 0 aliphatic rings. The van der Waals surface area contributed by atoms with E-state index in [0.717, 1.165) is 25.7 Å². The number of unbranched alkanes of at least 4 members (excludes halogenated alkanes) is 5. The van der Waals surface area contributed by atoms with Gasteiger partial charge in [-0.1, -0.05) is 55.7 Å². The molecule has 0 N–H and O–H groups in total. The Bertz CT molecular complexity index is 397. The first kappa shape index (κ1) is 18.6. The molecule has 0 heterocycles. The van der Waals surface area contributed by atoms with E-state index in [1.165, 1.54) is 31.2 Å². The van der Waals surface area contributed by atoms with Gasteiger partial charge in [0.2, 0.25) is 0 Å². The fourth-order valence-electron chi connectivity index (χ4n) is 2.40. The summed E-state index contributed by atoms with van der Waals surface area (Å²) in [7, 11) is 0. The number of hydrogen-bond donors (Lipinski definition) is 0. The lowest BCUT2D eigenvalue weighted by Crippen LogP contribution is -2.02. The normalized spacial score (nSPS) is 10.5. The molecule has 22 heavy (non-hydrogen) atoms. The van der Waals surface area contributed by atoms with Gasteiger partial charge in [-0.2, -0.15) is 0 Å². The Hall–Kier alpha value is -1.41. The van der Waals surface area contributed by atoms with Gasteiger partial charge in [0.25, 0.3) is 0 Å². The van der Waals surface area contributed by atoms with Crippen LogP contribution in [-0.4, -0.2) is 12.4 Å². The van der Waals surface area contributed by atoms with Gasteiger partial charge in [0.15, 0.2) is 0 Å². The molecule has 0 radical (unpaired) electrons. The summed E-state index contributed by atoms with van der Waals surface area (Å²) in [4.78, 5) is 11.7. The molecule has 1 aromatic carbocycles. The topological polar surface area (TPSA) is 26.3 Å². The molecule has 0 atom stereocenters. The van der Waals surface area contributed by atoms with Crippen molar-refractivity contribution >= 4 is 5.78 Å². The van der Waals surface area contributed by atoms with Gasteiger partial charge in [0.05, 0.1) is 6.61 Å². The fourth-order valence-corrected chi connectivity index (χ4v) is 2.40. The van der Waals surface area contributed by atoms with E-state index < -0.39 is 0 Å². The predicted molar refractivity (Wildman–Crippen MR) is 92.9 cm³/mol. The Morgan fingerprint density at radius 3 is 2.41 bits per heavy atom. The number of ketones is 1. The van der Waals surface area contributed by atoms with Crippen molar-refractivity contribution in [3.8, 4) is 0 Å². The van der Waals surface area contributed by atoms with Crippen LogP contribution in [0.5, 0.6) is 0 Å². The molecule has 0 spiro atoms. The van der Waals surface area contributed by atoms with E-state index in [2.05, 4.69) is 18.7 Å². The number of Topliss-reactive ketones (excluding diaryl/α,β-unsaturated/α-hetero) is 1. The zero-order chi connectivity index (χ0) is 15.9. The SMILES string of the molecule is C=CCCCCCCCC(=O)CCCOCc1ccccc1. The summed E-state index contributed by atoms with van der Waals surface area (Å²) in [5, 5.41) is 0. The molecule has 0 aliphatic carbocycles. The summed E-state index contributed by atoms with van der Waals surface area (Å²) in [6, 6.07) is 10.1. The maximum atomic E-state index is 11.7. The Labute approximate surface area is 135 Å². The number of hydrogen-bond acceptors (Lipinski definition) is 2. The zero-order valence-electron chi connectivity index (χ0n) is 13.8. The zero-order valence-corrected chi connectivity index (χ0v) is 13.8. The van der Waals surface area contributed by atoms with Crippen molar-refractivity contribution in [1.29, 1.82) is 0 Å². The molecule has 0 aromatic heterocycles. The van der Waals surface area contributed by atoms with Crippen LogP contribution < -0.4 is 0 Å². The second-order valence-electron chi connectivity index (χ2n) is 5.78. The maximum absolute atomic E-state index is 11.7. The molecule has 0 saturated carbocycles. The van der Waals surface area contributed by atoms with Crippen LogP contribution in [0.25, 0.3) is 0 Å². The molecule has 0 amide bonds. The molecule has 0 aliphatic heterocycles. The summed E-state index contributed by atoms with van der Waals surface area (Å²) in [5.41, 5.74) is 1.19. The van der Waals surface area contributed by atoms with E-state index in [1.54, 1.807) is 0 Å². The molecular formula is C20H30O2. The van der Waals surface area contributed by atoms with Crippen molar-refractivity contribution in [2.75, 3.05) is 6.61 Å². The fraction of sp³-hybridized carbons (Fsp3) is 0.550. The van der Waals surface area contributed by atoms with Gasteiger partial charge < -0.3 is 4.74 Å². The van der Waals surface area contributed by atoms with Gasteiger partial charge in [0, 0.05) is 19.4 Å². The second-order valence-corrected chi connectivity index (χ2v) is 5.78. The van der Waals surface area contributed by atoms with E-state index in [4.69, 9.17) is 4.74 Å². The maximum Gasteiger partial charge on any atom is 0.132 e. The number of carbonyl (C=O) groups excluding carboxylic acids is 1. The van der Waals surface area contributed by atoms with Crippen molar-refractivity contribution in [2.24, 2.45) is 0 Å². The van der Waals surface area contributed by atoms with Gasteiger partial charge >= 0.3 is 0 Å². The third-order valence-electron chi connectivity index (χ3n) is 3.72. The van der Waals surface area contributed by atoms with Gasteiger partial charge in [-0.05, 0) is 31.2 Å². The lowest BCUT2D eigenvalue weighted by Gasteiger charge is -2.04. The largest absolute Gasteiger partial charge is 0.377 e. The lowest BCUT2D eigenvalue weighted by atomic mass is 10.1. The highest BCUT2D eigenvalue weighted by atomic mass is 16.5. The average molecular weight is 302 g/mol. The summed E-state index contributed by atoms with van der Waals surface area (Å²) in [6.45, 7) is 5.03. The lowest BCUT2D eigenvalue weighted by molar-refractivity contribution is -0.119. The standard InChI is InChI=1S/C20H30O2/c1-2-3-4-5-6-7-11-15-20(21)16-12-17-22-18-19-13-9-8-10-14-19/h2,8-10,13-14H,1,3-7,11-12,15-18H2. The van der Waals surface area contributed by atoms with Crippen molar-refractivity contribution in [3.63, 3.8) is 0 Å². The first-order valence-electron chi connectivity index (χ1n) is 8.57. The van der Waals surface area contributed by atoms with E-state index in [1.807, 2.05) is 24.3 Å². The van der Waals surface area contributed by atoms with E-state index >= 15 is 0 Å². The van der Waals surface area contributed by atoms with Crippen LogP contribution in [0.15, 0.2) is 43.0 Å². The smallest absolute Gasteiger partial charge is 0.132 e. The van der Waals surface area contributed by atoms with Crippen LogP contribution in [0.3, 0.4) is 0 Å². The van der Waals surface area contributed by atoms with Crippen LogP contribution in [-0.2, 0) is 16.1 Å². The average Bonchev–Trinajstić information content (AvgIpc) is 2.54. The van der Waals surface area contributed by atoms with Crippen LogP contribution in [0.1, 0.15) is 63.4 Å². The number of carbonyl (C=O) groups is 1. The Morgan fingerprint density at radius 1 is 0.955 bits per heavy atom. The highest BCUT2D eigenvalue weighted by Gasteiger charge is 2.02. The highest BCUT2D eigenvalue weighted by molar-refractivity contribution is 5.78. The quantitative estimate of drug-likeness (QED) is 0.336. The molecule has 0 bridgehead atoms. The summed E-state index contributed by atoms with van der Waals surface area (Å²) < 4.78 is 5.59. The molecular weight excluding hydrogens is 272 g/mol. The van der Waals surface area contributed by atoms with Crippen LogP contribution in [0.2, 0.25) is 0 Å². The monoisotopic (exact) mass is 302 g/mol. The minimum absolute atomic E-state index is 0.384. The number of allylic oxidation sites excluding steroid dienone is 1. The summed E-state index contributed by atoms with van der Waals surface area (Å²) in [5.74, 6) is 0.384. The first-order valence-corrected chi connectivity index (χ1v) is 8.57. The minimum Gasteiger partial charge on any atom is -0.377 e. The molecule has 1 rings (SSSR count). The van der Waals surface area contributed by atoms with E-state index in [0.29, 0.717) is 25.4 Å². The summed E-state index contributed by atoms with van der Waals surface area (Å²) in [6.07, 6.45) is 11.3. The molecule has 1 aromatic rings. The molecule has 0 unspecified atom stereocenters. The van der Waals surface area contributed by atoms with Crippen LogP contribution >= 0.6 is 0 Å². The number of rotatable bonds is 14. The van der Waals surface area contributed by atoms with Crippen LogP contribution in [0, 0.1) is 0 Å². The Balaban J connectivity index is 1.88. The Morgan fingerprint density at radius 2 is 1.64 bits per heavy atom. The minimum atomic E-state index is 0.384. The van der Waals surface area contributed by atoms with Gasteiger partial charge in [-0.3, -0.25) is 4.79 Å². The molecule has 2 heteroatoms. The molecule has 2 nitrogen and oxygen atoms in total. The number of ether oxygens (including phenoxy) is 1. The predicted octanol–water partition coefficient (Wildman–Crippen LogP) is 5.47. The van der Waals surface area contributed by atoms with Crippen molar-refractivity contribution < 1.29 is 9.53 Å². The second kappa shape index (κ2) is 13.3. The molecule has 0 saturated heterocycles. The summed E-state index contributed by atoms with van der Waals surface area (Å²) >= 11 is 0. The van der Waals surface area contributed by atoms with Crippen molar-refractivity contribution in [3.05, 3.63) is 48.6 Å². The van der Waals surface area contributed by atoms with Gasteiger partial charge in [-0.25, -0.2) is 0 Å². The number of benzene rings is 1. The van der Waals surface area contributed by atoms with Crippen molar-refractivity contribution in [2.45, 2.75) is 64.4 Å². The first-order chi connectivity index (χ1) is 10.8. The third-order valence-corrected chi connectivity index (χ3v) is 3.72.